The van der Waals surface area contributed by atoms with E-state index in [4.69, 9.17) is 21.7 Å². The molecule has 13 nitrogen and oxygen atoms in total. The highest BCUT2D eigenvalue weighted by molar-refractivity contribution is 7.80. The molecule has 4 amide bonds. The smallest absolute Gasteiger partial charge is 0.417 e. The normalized spacial score (nSPS) is 25.3. The number of nitrogens with one attached hydrogen (secondary N) is 1. The molecule has 0 radical (unpaired) electrons. The molecule has 1 aromatic heterocycles. The third-order valence-corrected chi connectivity index (χ3v) is 11.4. The summed E-state index contributed by atoms with van der Waals surface area (Å²) in [5.74, 6) is -0.220. The molecule has 55 heavy (non-hydrogen) atoms. The fourth-order valence-electron chi connectivity index (χ4n) is 8.25. The van der Waals surface area contributed by atoms with Crippen molar-refractivity contribution >= 4 is 46.6 Å². The third-order valence-electron chi connectivity index (χ3n) is 11.0. The van der Waals surface area contributed by atoms with Crippen molar-refractivity contribution in [3.05, 3.63) is 47.7 Å². The van der Waals surface area contributed by atoms with Crippen LogP contribution in [0.2, 0.25) is 0 Å². The topological polar surface area (TPSA) is 135 Å². The summed E-state index contributed by atoms with van der Waals surface area (Å²) in [6.07, 6.45) is 0.123. The maximum Gasteiger partial charge on any atom is 0.417 e. The summed E-state index contributed by atoms with van der Waals surface area (Å²) in [7, 11) is 0. The van der Waals surface area contributed by atoms with Crippen molar-refractivity contribution in [2.75, 3.05) is 55.7 Å². The maximum atomic E-state index is 13.7. The van der Waals surface area contributed by atoms with E-state index in [0.29, 0.717) is 43.4 Å². The van der Waals surface area contributed by atoms with Gasteiger partial charge >= 0.3 is 12.2 Å². The second-order valence-electron chi connectivity index (χ2n) is 15.1. The second-order valence-corrected chi connectivity index (χ2v) is 15.5. The van der Waals surface area contributed by atoms with Gasteiger partial charge in [-0.25, -0.2) is 9.78 Å². The Labute approximate surface area is 324 Å². The lowest BCUT2D eigenvalue weighted by Gasteiger charge is -2.44. The zero-order valence-electron chi connectivity index (χ0n) is 31.5. The Morgan fingerprint density at radius 1 is 1.00 bits per heavy atom. The van der Waals surface area contributed by atoms with Crippen LogP contribution >= 0.6 is 12.2 Å². The first-order valence-corrected chi connectivity index (χ1v) is 19.1. The average Bonchev–Trinajstić information content (AvgIpc) is 3.31. The third kappa shape index (κ3) is 8.72. The molecule has 2 aromatic rings. The van der Waals surface area contributed by atoms with E-state index in [9.17, 15) is 32.8 Å². The maximum absolute atomic E-state index is 13.7. The van der Waals surface area contributed by atoms with Crippen LogP contribution in [0, 0.1) is 11.3 Å². The molecule has 1 aliphatic carbocycles. The number of rotatable bonds is 11. The number of aromatic nitrogens is 1. The first-order chi connectivity index (χ1) is 26.1. The van der Waals surface area contributed by atoms with Crippen LogP contribution in [0.1, 0.15) is 70.9 Å². The van der Waals surface area contributed by atoms with Gasteiger partial charge in [0.15, 0.2) is 5.11 Å². The molecule has 17 heteroatoms. The van der Waals surface area contributed by atoms with Gasteiger partial charge in [0.25, 0.3) is 5.91 Å². The molecule has 4 heterocycles. The van der Waals surface area contributed by atoms with Gasteiger partial charge in [-0.2, -0.15) is 18.4 Å². The average molecular weight is 785 g/mol. The van der Waals surface area contributed by atoms with Gasteiger partial charge in [-0.3, -0.25) is 34.5 Å². The van der Waals surface area contributed by atoms with Crippen molar-refractivity contribution in [2.45, 2.75) is 95.7 Å². The number of piperazine rings is 1. The zero-order chi connectivity index (χ0) is 39.7. The van der Waals surface area contributed by atoms with E-state index in [0.717, 1.165) is 64.0 Å². The Morgan fingerprint density at radius 3 is 2.31 bits per heavy atom. The zero-order valence-corrected chi connectivity index (χ0v) is 32.3. The number of amides is 4. The van der Waals surface area contributed by atoms with Gasteiger partial charge < -0.3 is 14.4 Å². The van der Waals surface area contributed by atoms with Crippen LogP contribution in [-0.2, 0) is 20.5 Å². The number of urea groups is 1. The fourth-order valence-corrected chi connectivity index (χ4v) is 8.81. The van der Waals surface area contributed by atoms with Gasteiger partial charge in [0.2, 0.25) is 11.8 Å². The Hall–Kier alpha value is -4.37. The van der Waals surface area contributed by atoms with E-state index in [-0.39, 0.29) is 35.3 Å². The molecule has 1 N–H and O–H groups in total. The summed E-state index contributed by atoms with van der Waals surface area (Å²) in [4.78, 5) is 50.8. The molecule has 3 saturated heterocycles. The van der Waals surface area contributed by atoms with E-state index in [2.05, 4.69) is 33.9 Å². The van der Waals surface area contributed by atoms with Gasteiger partial charge in [0.05, 0.1) is 47.5 Å². The molecule has 1 aromatic carbocycles. The summed E-state index contributed by atoms with van der Waals surface area (Å²) in [6.45, 7) is 12.6. The van der Waals surface area contributed by atoms with Crippen LogP contribution in [-0.4, -0.2) is 118 Å². The molecule has 0 unspecified atom stereocenters. The standard InChI is InChI=1S/C38H47F3N8O5S/c1-24-22-45(23-25(2)46(24)16-18-54-33-12-9-29(21-43-33)47-14-13-32(50)44-35(47)52)15-17-53-30-10-7-27(8-11-30)49-36(55)48(34(51)37(49,3)4)28-6-5-26(20-42)31(19-28)38(39,40)41/h5-6,9,12,19,21,24-25,27,30H,7-8,10-11,13-18,22-23H2,1-4H3,(H,44,50,52)/t24-,25+,27?,30?. The highest BCUT2D eigenvalue weighted by Crippen LogP contribution is 2.40. The predicted octanol–water partition coefficient (Wildman–Crippen LogP) is 4.93. The summed E-state index contributed by atoms with van der Waals surface area (Å²) >= 11 is 5.74. The monoisotopic (exact) mass is 784 g/mol. The number of carbonyl (C=O) groups is 3. The lowest BCUT2D eigenvalue weighted by molar-refractivity contribution is -0.137. The summed E-state index contributed by atoms with van der Waals surface area (Å²) in [5, 5.41) is 11.7. The first-order valence-electron chi connectivity index (χ1n) is 18.7. The fraction of sp³-hybridized carbons (Fsp3) is 0.579. The minimum Gasteiger partial charge on any atom is -0.476 e. The van der Waals surface area contributed by atoms with Crippen LogP contribution in [0.25, 0.3) is 0 Å². The first kappa shape index (κ1) is 40.3. The number of anilines is 2. The molecule has 6 rings (SSSR count). The molecule has 4 fully saturated rings. The molecule has 296 valence electrons. The summed E-state index contributed by atoms with van der Waals surface area (Å²) in [5.41, 5.74) is -2.06. The lowest BCUT2D eigenvalue weighted by atomic mass is 9.89. The molecule has 1 saturated carbocycles. The van der Waals surface area contributed by atoms with Crippen molar-refractivity contribution in [3.63, 3.8) is 0 Å². The minimum absolute atomic E-state index is 0.00156. The van der Waals surface area contributed by atoms with E-state index < -0.39 is 34.8 Å². The molecule has 0 bridgehead atoms. The number of nitriles is 1. The molecule has 3 aliphatic heterocycles. The number of alkyl halides is 3. The van der Waals surface area contributed by atoms with Gasteiger partial charge in [-0.1, -0.05) is 0 Å². The quantitative estimate of drug-likeness (QED) is 0.311. The predicted molar refractivity (Wildman–Crippen MR) is 201 cm³/mol. The van der Waals surface area contributed by atoms with E-state index in [1.165, 1.54) is 15.9 Å². The molecule has 0 spiro atoms. The molecular weight excluding hydrogens is 738 g/mol. The van der Waals surface area contributed by atoms with Gasteiger partial charge in [0.1, 0.15) is 12.1 Å². The number of thiocarbonyl (C=S) groups is 1. The van der Waals surface area contributed by atoms with Crippen LogP contribution in [0.4, 0.5) is 29.3 Å². The number of halogens is 3. The minimum atomic E-state index is -4.75. The number of hydrogen-bond donors (Lipinski definition) is 1. The highest BCUT2D eigenvalue weighted by atomic mass is 32.1. The van der Waals surface area contributed by atoms with Crippen molar-refractivity contribution in [1.82, 2.24) is 25.0 Å². The highest BCUT2D eigenvalue weighted by Gasteiger charge is 2.52. The number of benzene rings is 1. The van der Waals surface area contributed by atoms with E-state index in [1.54, 1.807) is 38.2 Å². The van der Waals surface area contributed by atoms with Crippen molar-refractivity contribution in [3.8, 4) is 11.9 Å². The van der Waals surface area contributed by atoms with Crippen molar-refractivity contribution < 1.29 is 37.0 Å². The summed E-state index contributed by atoms with van der Waals surface area (Å²) < 4.78 is 53.4. The van der Waals surface area contributed by atoms with Crippen LogP contribution in [0.15, 0.2) is 36.5 Å². The number of carbonyl (C=O) groups excluding carboxylic acids is 3. The SMILES string of the molecule is C[C@@H]1CN(CCOC2CCC(N3C(=S)N(c4ccc(C#N)c(C(F)(F)F)c4)C(=O)C3(C)C)CC2)C[C@H](C)N1CCOc1ccc(N2CCC(=O)NC2=O)cn1. The largest absolute Gasteiger partial charge is 0.476 e. The Morgan fingerprint density at radius 2 is 1.69 bits per heavy atom. The van der Waals surface area contributed by atoms with E-state index in [1.807, 2.05) is 4.90 Å². The summed E-state index contributed by atoms with van der Waals surface area (Å²) in [6, 6.07) is 8.40. The van der Waals surface area contributed by atoms with Crippen LogP contribution in [0.3, 0.4) is 0 Å². The number of pyridine rings is 1. The number of hydrogen-bond acceptors (Lipinski definition) is 10. The van der Waals surface area contributed by atoms with Crippen LogP contribution < -0.4 is 19.9 Å². The van der Waals surface area contributed by atoms with Crippen molar-refractivity contribution in [1.29, 1.82) is 5.26 Å². The van der Waals surface area contributed by atoms with Crippen molar-refractivity contribution in [2.24, 2.45) is 0 Å². The number of imide groups is 1. The van der Waals surface area contributed by atoms with Gasteiger partial charge in [0, 0.05) is 63.3 Å². The Kier molecular flexibility index (Phi) is 12.0. The molecule has 2 atom stereocenters. The number of nitrogens with zero attached hydrogens (tertiary/aromatic N) is 7. The van der Waals surface area contributed by atoms with E-state index >= 15 is 0 Å². The number of ether oxygens (including phenoxy) is 2. The lowest BCUT2D eigenvalue weighted by Crippen LogP contribution is -2.57. The molecular formula is C38H47F3N8O5S. The second kappa shape index (κ2) is 16.4. The Bertz CT molecular complexity index is 1800. The Balaban J connectivity index is 0.927. The van der Waals surface area contributed by atoms with Crippen LogP contribution in [0.5, 0.6) is 5.88 Å². The van der Waals surface area contributed by atoms with Gasteiger partial charge in [-0.15, -0.1) is 0 Å². The van der Waals surface area contributed by atoms with Gasteiger partial charge in [-0.05, 0) is 89.9 Å². The molecule has 4 aliphatic rings.